The van der Waals surface area contributed by atoms with Crippen molar-refractivity contribution in [3.05, 3.63) is 66.5 Å². The number of pyridine rings is 1. The maximum absolute atomic E-state index is 12.6. The van der Waals surface area contributed by atoms with Gasteiger partial charge in [0.05, 0.1) is 18.4 Å². The van der Waals surface area contributed by atoms with Gasteiger partial charge in [0.1, 0.15) is 16.9 Å². The number of hydrogen-bond donors (Lipinski definition) is 1. The lowest BCUT2D eigenvalue weighted by atomic mass is 10.1. The Morgan fingerprint density at radius 1 is 1.03 bits per heavy atom. The molecule has 1 N–H and O–H groups in total. The number of methoxy groups -OCH3 is 1. The normalized spacial score (nSPS) is 11.9. The van der Waals surface area contributed by atoms with Gasteiger partial charge in [-0.2, -0.15) is 0 Å². The third-order valence-corrected chi connectivity index (χ3v) is 4.53. The molecule has 29 heavy (non-hydrogen) atoms. The minimum atomic E-state index is -1.01. The number of esters is 1. The standard InChI is InChI=1S/C22H18N2O5/c1-13(28-22(26)14-7-9-23-10-8-14)21(25)24-17-12-19-16(11-20(17)27-2)15-5-3-4-6-18(15)29-19/h3-13H,1-2H3,(H,24,25)/t13-/m0/s1. The Labute approximate surface area is 166 Å². The number of fused-ring (bicyclic) bond motifs is 3. The second-order valence-electron chi connectivity index (χ2n) is 6.42. The van der Waals surface area contributed by atoms with Crippen LogP contribution in [0.25, 0.3) is 21.9 Å². The maximum Gasteiger partial charge on any atom is 0.339 e. The lowest BCUT2D eigenvalue weighted by molar-refractivity contribution is -0.123. The SMILES string of the molecule is COc1cc2c(cc1NC(=O)[C@H](C)OC(=O)c1ccncc1)oc1ccccc12. The molecule has 0 aliphatic carbocycles. The van der Waals surface area contributed by atoms with E-state index < -0.39 is 18.0 Å². The second kappa shape index (κ2) is 7.63. The van der Waals surface area contributed by atoms with Crippen molar-refractivity contribution in [1.29, 1.82) is 0 Å². The van der Waals surface area contributed by atoms with Crippen LogP contribution in [0, 0.1) is 0 Å². The molecule has 4 rings (SSSR count). The van der Waals surface area contributed by atoms with E-state index in [1.165, 1.54) is 38.6 Å². The van der Waals surface area contributed by atoms with Gasteiger partial charge in [0, 0.05) is 29.2 Å². The molecule has 0 fully saturated rings. The molecule has 7 heteroatoms. The number of anilines is 1. The van der Waals surface area contributed by atoms with E-state index in [4.69, 9.17) is 13.9 Å². The molecule has 2 heterocycles. The summed E-state index contributed by atoms with van der Waals surface area (Å²) in [5.41, 5.74) is 2.10. The third-order valence-electron chi connectivity index (χ3n) is 4.53. The van der Waals surface area contributed by atoms with E-state index in [2.05, 4.69) is 10.3 Å². The number of carbonyl (C=O) groups is 2. The van der Waals surface area contributed by atoms with Crippen LogP contribution in [0.3, 0.4) is 0 Å². The summed E-state index contributed by atoms with van der Waals surface area (Å²) in [6, 6.07) is 14.2. The Kier molecular flexibility index (Phi) is 4.87. The number of nitrogens with zero attached hydrogens (tertiary/aromatic N) is 1. The quantitative estimate of drug-likeness (QED) is 0.514. The molecule has 0 radical (unpaired) electrons. The first kappa shape index (κ1) is 18.5. The monoisotopic (exact) mass is 390 g/mol. The number of aromatic nitrogens is 1. The number of benzene rings is 2. The first-order valence-electron chi connectivity index (χ1n) is 8.98. The Bertz CT molecular complexity index is 1200. The number of amides is 1. The summed E-state index contributed by atoms with van der Waals surface area (Å²) in [6.45, 7) is 1.50. The van der Waals surface area contributed by atoms with Crippen molar-refractivity contribution < 1.29 is 23.5 Å². The van der Waals surface area contributed by atoms with Crippen LogP contribution in [-0.4, -0.2) is 30.1 Å². The fourth-order valence-corrected chi connectivity index (χ4v) is 3.02. The highest BCUT2D eigenvalue weighted by Gasteiger charge is 2.21. The molecule has 0 spiro atoms. The number of nitrogens with one attached hydrogen (secondary N) is 1. The van der Waals surface area contributed by atoms with Crippen LogP contribution in [0.4, 0.5) is 5.69 Å². The lowest BCUT2D eigenvalue weighted by Crippen LogP contribution is -2.30. The molecule has 1 atom stereocenters. The highest BCUT2D eigenvalue weighted by atomic mass is 16.5. The van der Waals surface area contributed by atoms with Crippen molar-refractivity contribution in [2.45, 2.75) is 13.0 Å². The first-order chi connectivity index (χ1) is 14.1. The third kappa shape index (κ3) is 3.62. The fourth-order valence-electron chi connectivity index (χ4n) is 3.02. The zero-order chi connectivity index (χ0) is 20.4. The average Bonchev–Trinajstić information content (AvgIpc) is 3.11. The molecule has 1 amide bonds. The highest BCUT2D eigenvalue weighted by Crippen LogP contribution is 2.36. The van der Waals surface area contributed by atoms with Gasteiger partial charge in [-0.1, -0.05) is 18.2 Å². The van der Waals surface area contributed by atoms with Gasteiger partial charge in [-0.3, -0.25) is 9.78 Å². The summed E-state index contributed by atoms with van der Waals surface area (Å²) in [5.74, 6) is -0.610. The Morgan fingerprint density at radius 3 is 2.55 bits per heavy atom. The van der Waals surface area contributed by atoms with E-state index in [0.717, 1.165) is 16.4 Å². The summed E-state index contributed by atoms with van der Waals surface area (Å²) in [4.78, 5) is 28.6. The van der Waals surface area contributed by atoms with E-state index in [-0.39, 0.29) is 0 Å². The molecule has 0 aliphatic rings. The van der Waals surface area contributed by atoms with Crippen molar-refractivity contribution >= 4 is 39.5 Å². The zero-order valence-electron chi connectivity index (χ0n) is 15.8. The molecule has 0 bridgehead atoms. The number of para-hydroxylation sites is 1. The molecule has 7 nitrogen and oxygen atoms in total. The summed E-state index contributed by atoms with van der Waals surface area (Å²) in [6.07, 6.45) is 1.95. The predicted molar refractivity (Wildman–Crippen MR) is 108 cm³/mol. The van der Waals surface area contributed by atoms with Crippen LogP contribution >= 0.6 is 0 Å². The number of furan rings is 1. The van der Waals surface area contributed by atoms with E-state index >= 15 is 0 Å². The van der Waals surface area contributed by atoms with E-state index in [0.29, 0.717) is 22.6 Å². The fraction of sp³-hybridized carbons (Fsp3) is 0.136. The average molecular weight is 390 g/mol. The van der Waals surface area contributed by atoms with Crippen molar-refractivity contribution in [2.24, 2.45) is 0 Å². The second-order valence-corrected chi connectivity index (χ2v) is 6.42. The van der Waals surface area contributed by atoms with E-state index in [1.807, 2.05) is 30.3 Å². The number of hydrogen-bond acceptors (Lipinski definition) is 6. The molecule has 0 saturated carbocycles. The predicted octanol–water partition coefficient (Wildman–Crippen LogP) is 4.17. The molecular weight excluding hydrogens is 372 g/mol. The molecule has 4 aromatic rings. The topological polar surface area (TPSA) is 90.7 Å². The molecule has 0 unspecified atom stereocenters. The molecular formula is C22H18N2O5. The van der Waals surface area contributed by atoms with Crippen LogP contribution in [-0.2, 0) is 9.53 Å². The summed E-state index contributed by atoms with van der Waals surface area (Å²) in [5, 5.41) is 4.58. The van der Waals surface area contributed by atoms with Gasteiger partial charge in [0.25, 0.3) is 5.91 Å². The van der Waals surface area contributed by atoms with Gasteiger partial charge in [-0.25, -0.2) is 4.79 Å². The molecule has 0 aliphatic heterocycles. The number of rotatable bonds is 5. The van der Waals surface area contributed by atoms with Gasteiger partial charge in [0.2, 0.25) is 0 Å². The van der Waals surface area contributed by atoms with Crippen LogP contribution in [0.2, 0.25) is 0 Å². The summed E-state index contributed by atoms with van der Waals surface area (Å²) < 4.78 is 16.5. The van der Waals surface area contributed by atoms with Crippen LogP contribution < -0.4 is 10.1 Å². The molecule has 146 valence electrons. The van der Waals surface area contributed by atoms with Gasteiger partial charge < -0.3 is 19.2 Å². The minimum absolute atomic E-state index is 0.320. The lowest BCUT2D eigenvalue weighted by Gasteiger charge is -2.15. The molecule has 2 aromatic heterocycles. The number of carbonyl (C=O) groups excluding carboxylic acids is 2. The van der Waals surface area contributed by atoms with Crippen LogP contribution in [0.15, 0.2) is 65.3 Å². The van der Waals surface area contributed by atoms with Crippen LogP contribution in [0.1, 0.15) is 17.3 Å². The van der Waals surface area contributed by atoms with Gasteiger partial charge in [-0.15, -0.1) is 0 Å². The van der Waals surface area contributed by atoms with Crippen LogP contribution in [0.5, 0.6) is 5.75 Å². The van der Waals surface area contributed by atoms with Crippen molar-refractivity contribution in [3.8, 4) is 5.75 Å². The van der Waals surface area contributed by atoms with Gasteiger partial charge >= 0.3 is 5.97 Å². The Morgan fingerprint density at radius 2 is 1.79 bits per heavy atom. The van der Waals surface area contributed by atoms with Gasteiger partial charge in [-0.05, 0) is 31.2 Å². The smallest absolute Gasteiger partial charge is 0.339 e. The van der Waals surface area contributed by atoms with Crippen molar-refractivity contribution in [3.63, 3.8) is 0 Å². The summed E-state index contributed by atoms with van der Waals surface area (Å²) in [7, 11) is 1.52. The highest BCUT2D eigenvalue weighted by molar-refractivity contribution is 6.08. The first-order valence-corrected chi connectivity index (χ1v) is 8.98. The van der Waals surface area contributed by atoms with Gasteiger partial charge in [0.15, 0.2) is 6.10 Å². The zero-order valence-corrected chi connectivity index (χ0v) is 15.8. The summed E-state index contributed by atoms with van der Waals surface area (Å²) >= 11 is 0. The van der Waals surface area contributed by atoms with E-state index in [1.54, 1.807) is 6.07 Å². The van der Waals surface area contributed by atoms with E-state index in [9.17, 15) is 9.59 Å². The van der Waals surface area contributed by atoms with Crippen molar-refractivity contribution in [2.75, 3.05) is 12.4 Å². The maximum atomic E-state index is 12.6. The Hall–Kier alpha value is -3.87. The minimum Gasteiger partial charge on any atom is -0.495 e. The Balaban J connectivity index is 1.57. The van der Waals surface area contributed by atoms with Crippen molar-refractivity contribution in [1.82, 2.24) is 4.98 Å². The largest absolute Gasteiger partial charge is 0.495 e. The number of ether oxygens (including phenoxy) is 2. The molecule has 0 saturated heterocycles. The molecule has 2 aromatic carbocycles.